The fourth-order valence-electron chi connectivity index (χ4n) is 3.19. The topological polar surface area (TPSA) is 50.3 Å². The molecular formula is C16H26N4O. The Morgan fingerprint density at radius 3 is 2.71 bits per heavy atom. The number of nitrogens with one attached hydrogen (secondary N) is 1. The van der Waals surface area contributed by atoms with Crippen LogP contribution in [0.4, 0.5) is 11.6 Å². The highest BCUT2D eigenvalue weighted by atomic mass is 16.5. The fraction of sp³-hybridized carbons (Fsp3) is 0.750. The van der Waals surface area contributed by atoms with Gasteiger partial charge in [-0.1, -0.05) is 19.8 Å². The highest BCUT2D eigenvalue weighted by molar-refractivity contribution is 5.48. The van der Waals surface area contributed by atoms with Gasteiger partial charge in [-0.05, 0) is 24.7 Å². The molecule has 0 atom stereocenters. The summed E-state index contributed by atoms with van der Waals surface area (Å²) in [4.78, 5) is 11.0. The van der Waals surface area contributed by atoms with Gasteiger partial charge in [0.25, 0.3) is 0 Å². The van der Waals surface area contributed by atoms with Crippen molar-refractivity contribution in [2.45, 2.75) is 32.6 Å². The molecule has 1 aliphatic heterocycles. The van der Waals surface area contributed by atoms with Crippen LogP contribution in [0.5, 0.6) is 0 Å². The number of hydrogen-bond donors (Lipinski definition) is 1. The molecule has 1 aromatic rings. The zero-order valence-electron chi connectivity index (χ0n) is 12.9. The number of hydrogen-bond acceptors (Lipinski definition) is 5. The van der Waals surface area contributed by atoms with Crippen LogP contribution >= 0.6 is 0 Å². The van der Waals surface area contributed by atoms with Crippen LogP contribution in [-0.2, 0) is 4.74 Å². The molecule has 0 radical (unpaired) electrons. The van der Waals surface area contributed by atoms with E-state index in [1.807, 2.05) is 0 Å². The third kappa shape index (κ3) is 4.06. The van der Waals surface area contributed by atoms with Crippen LogP contribution in [0.2, 0.25) is 0 Å². The van der Waals surface area contributed by atoms with E-state index >= 15 is 0 Å². The van der Waals surface area contributed by atoms with Gasteiger partial charge in [-0.15, -0.1) is 0 Å². The summed E-state index contributed by atoms with van der Waals surface area (Å²) in [6, 6.07) is 2.07. The van der Waals surface area contributed by atoms with Gasteiger partial charge >= 0.3 is 0 Å². The first-order chi connectivity index (χ1) is 10.3. The molecule has 0 amide bonds. The zero-order chi connectivity index (χ0) is 14.5. The van der Waals surface area contributed by atoms with Gasteiger partial charge < -0.3 is 15.0 Å². The molecule has 3 rings (SSSR count). The van der Waals surface area contributed by atoms with Crippen LogP contribution in [0.15, 0.2) is 12.4 Å². The first-order valence-electron chi connectivity index (χ1n) is 8.20. The van der Waals surface area contributed by atoms with Gasteiger partial charge in [-0.25, -0.2) is 9.97 Å². The number of morpholine rings is 1. The van der Waals surface area contributed by atoms with E-state index in [0.29, 0.717) is 0 Å². The van der Waals surface area contributed by atoms with E-state index in [4.69, 9.17) is 4.74 Å². The van der Waals surface area contributed by atoms with Gasteiger partial charge in [0, 0.05) is 25.7 Å². The van der Waals surface area contributed by atoms with Gasteiger partial charge in [-0.2, -0.15) is 0 Å². The van der Waals surface area contributed by atoms with Crippen molar-refractivity contribution in [2.24, 2.45) is 11.8 Å². The first-order valence-corrected chi connectivity index (χ1v) is 8.20. The molecule has 2 fully saturated rings. The Kier molecular flexibility index (Phi) is 4.91. The molecule has 2 heterocycles. The lowest BCUT2D eigenvalue weighted by Crippen LogP contribution is -2.36. The molecule has 1 saturated heterocycles. The maximum Gasteiger partial charge on any atom is 0.134 e. The minimum absolute atomic E-state index is 0.785. The van der Waals surface area contributed by atoms with E-state index in [-0.39, 0.29) is 0 Å². The Labute approximate surface area is 127 Å². The van der Waals surface area contributed by atoms with Crippen molar-refractivity contribution in [3.8, 4) is 0 Å². The SMILES string of the molecule is CC1CCC(CNc2cc(N3CCOCC3)ncn2)CC1. The number of ether oxygens (including phenoxy) is 1. The Morgan fingerprint density at radius 2 is 1.95 bits per heavy atom. The smallest absolute Gasteiger partial charge is 0.134 e. The summed E-state index contributed by atoms with van der Waals surface area (Å²) in [5, 5.41) is 3.50. The second-order valence-electron chi connectivity index (χ2n) is 6.37. The lowest BCUT2D eigenvalue weighted by molar-refractivity contribution is 0.122. The highest BCUT2D eigenvalue weighted by Gasteiger charge is 2.18. The van der Waals surface area contributed by atoms with Gasteiger partial charge in [0.2, 0.25) is 0 Å². The molecule has 5 nitrogen and oxygen atoms in total. The van der Waals surface area contributed by atoms with E-state index in [9.17, 15) is 0 Å². The Hall–Kier alpha value is -1.36. The van der Waals surface area contributed by atoms with Crippen molar-refractivity contribution in [1.29, 1.82) is 0 Å². The average molecular weight is 290 g/mol. The van der Waals surface area contributed by atoms with Gasteiger partial charge in [-0.3, -0.25) is 0 Å². The van der Waals surface area contributed by atoms with E-state index in [2.05, 4.69) is 33.2 Å². The van der Waals surface area contributed by atoms with E-state index < -0.39 is 0 Å². The molecule has 2 aliphatic rings. The number of anilines is 2. The van der Waals surface area contributed by atoms with Gasteiger partial charge in [0.05, 0.1) is 13.2 Å². The molecule has 1 N–H and O–H groups in total. The van der Waals surface area contributed by atoms with Crippen molar-refractivity contribution in [3.63, 3.8) is 0 Å². The summed E-state index contributed by atoms with van der Waals surface area (Å²) in [6.45, 7) is 6.79. The molecule has 116 valence electrons. The molecular weight excluding hydrogens is 264 g/mol. The number of rotatable bonds is 4. The quantitative estimate of drug-likeness (QED) is 0.923. The highest BCUT2D eigenvalue weighted by Crippen LogP contribution is 2.28. The molecule has 1 aliphatic carbocycles. The van der Waals surface area contributed by atoms with Crippen molar-refractivity contribution < 1.29 is 4.74 Å². The maximum atomic E-state index is 5.39. The standard InChI is InChI=1S/C16H26N4O/c1-13-2-4-14(5-3-13)11-17-15-10-16(19-12-18-15)20-6-8-21-9-7-20/h10,12-14H,2-9,11H2,1H3,(H,17,18,19). The van der Waals surface area contributed by atoms with Crippen molar-refractivity contribution >= 4 is 11.6 Å². The normalized spacial score (nSPS) is 26.6. The van der Waals surface area contributed by atoms with Crippen LogP contribution in [0.3, 0.4) is 0 Å². The predicted molar refractivity (Wildman–Crippen MR) is 84.7 cm³/mol. The fourth-order valence-corrected chi connectivity index (χ4v) is 3.19. The van der Waals surface area contributed by atoms with E-state index in [1.165, 1.54) is 25.7 Å². The number of nitrogens with zero attached hydrogens (tertiary/aromatic N) is 3. The lowest BCUT2D eigenvalue weighted by atomic mass is 9.83. The molecule has 0 spiro atoms. The second-order valence-corrected chi connectivity index (χ2v) is 6.37. The molecule has 0 unspecified atom stereocenters. The maximum absolute atomic E-state index is 5.39. The minimum atomic E-state index is 0.785. The van der Waals surface area contributed by atoms with Crippen LogP contribution in [0, 0.1) is 11.8 Å². The molecule has 1 saturated carbocycles. The van der Waals surface area contributed by atoms with Crippen LogP contribution in [0.1, 0.15) is 32.6 Å². The molecule has 0 aromatic carbocycles. The monoisotopic (exact) mass is 290 g/mol. The molecule has 21 heavy (non-hydrogen) atoms. The molecule has 1 aromatic heterocycles. The Bertz CT molecular complexity index is 440. The minimum Gasteiger partial charge on any atom is -0.378 e. The Balaban J connectivity index is 1.53. The predicted octanol–water partition coefficient (Wildman–Crippen LogP) is 2.55. The third-order valence-electron chi connectivity index (χ3n) is 4.70. The summed E-state index contributed by atoms with van der Waals surface area (Å²) >= 11 is 0. The van der Waals surface area contributed by atoms with E-state index in [1.54, 1.807) is 6.33 Å². The van der Waals surface area contributed by atoms with Crippen molar-refractivity contribution in [3.05, 3.63) is 12.4 Å². The Morgan fingerprint density at radius 1 is 1.19 bits per heavy atom. The second kappa shape index (κ2) is 7.07. The summed E-state index contributed by atoms with van der Waals surface area (Å²) in [6.07, 6.45) is 7.09. The summed E-state index contributed by atoms with van der Waals surface area (Å²) in [5.74, 6) is 3.66. The number of aromatic nitrogens is 2. The van der Waals surface area contributed by atoms with Crippen LogP contribution in [-0.4, -0.2) is 42.8 Å². The summed E-state index contributed by atoms with van der Waals surface area (Å²) in [7, 11) is 0. The third-order valence-corrected chi connectivity index (χ3v) is 4.70. The zero-order valence-corrected chi connectivity index (χ0v) is 12.9. The van der Waals surface area contributed by atoms with Gasteiger partial charge in [0.1, 0.15) is 18.0 Å². The van der Waals surface area contributed by atoms with Gasteiger partial charge in [0.15, 0.2) is 0 Å². The first kappa shape index (κ1) is 14.6. The largest absolute Gasteiger partial charge is 0.378 e. The summed E-state index contributed by atoms with van der Waals surface area (Å²) in [5.41, 5.74) is 0. The van der Waals surface area contributed by atoms with Crippen molar-refractivity contribution in [1.82, 2.24) is 9.97 Å². The molecule has 5 heteroatoms. The molecule has 0 bridgehead atoms. The van der Waals surface area contributed by atoms with Crippen LogP contribution < -0.4 is 10.2 Å². The van der Waals surface area contributed by atoms with Crippen LogP contribution in [0.25, 0.3) is 0 Å². The average Bonchev–Trinajstić information content (AvgIpc) is 2.55. The van der Waals surface area contributed by atoms with E-state index in [0.717, 1.165) is 56.3 Å². The van der Waals surface area contributed by atoms with Crippen molar-refractivity contribution in [2.75, 3.05) is 43.1 Å². The lowest BCUT2D eigenvalue weighted by Gasteiger charge is -2.28. The summed E-state index contributed by atoms with van der Waals surface area (Å²) < 4.78 is 5.39.